The van der Waals surface area contributed by atoms with E-state index in [-0.39, 0.29) is 12.3 Å². The molecule has 0 saturated carbocycles. The topological polar surface area (TPSA) is 53.7 Å². The Bertz CT molecular complexity index is 351. The van der Waals surface area contributed by atoms with E-state index < -0.39 is 17.4 Å². The van der Waals surface area contributed by atoms with Gasteiger partial charge in [0.1, 0.15) is 0 Å². The van der Waals surface area contributed by atoms with Gasteiger partial charge in [-0.2, -0.15) is 0 Å². The molecule has 0 fully saturated rings. The van der Waals surface area contributed by atoms with Crippen LogP contribution in [-0.4, -0.2) is 33.5 Å². The number of ether oxygens (including phenoxy) is 3. The predicted octanol–water partition coefficient (Wildman–Crippen LogP) is 1.98. The van der Waals surface area contributed by atoms with Gasteiger partial charge in [-0.15, -0.1) is 0 Å². The molecule has 18 heavy (non-hydrogen) atoms. The second-order valence-corrected chi connectivity index (χ2v) is 3.62. The summed E-state index contributed by atoms with van der Waals surface area (Å²) in [5.74, 6) is -2.00. The lowest BCUT2D eigenvalue weighted by molar-refractivity contribution is 0.0640. The van der Waals surface area contributed by atoms with E-state index in [0.717, 1.165) is 12.1 Å². The zero-order chi connectivity index (χ0) is 13.4. The van der Waals surface area contributed by atoms with Crippen LogP contribution in [0.3, 0.4) is 0 Å². The van der Waals surface area contributed by atoms with Gasteiger partial charge in [0.15, 0.2) is 17.4 Å². The van der Waals surface area contributed by atoms with E-state index in [4.69, 9.17) is 19.9 Å². The van der Waals surface area contributed by atoms with Gasteiger partial charge in [-0.1, -0.05) is 0 Å². The van der Waals surface area contributed by atoms with Crippen molar-refractivity contribution in [3.8, 4) is 5.75 Å². The number of benzene rings is 1. The van der Waals surface area contributed by atoms with E-state index in [1.54, 1.807) is 7.11 Å². The van der Waals surface area contributed by atoms with Crippen LogP contribution in [0.25, 0.3) is 0 Å². The summed E-state index contributed by atoms with van der Waals surface area (Å²) in [5.41, 5.74) is 5.31. The first-order chi connectivity index (χ1) is 8.65. The summed E-state index contributed by atoms with van der Waals surface area (Å²) < 4.78 is 41.6. The third kappa shape index (κ3) is 4.85. The monoisotopic (exact) mass is 261 g/mol. The molecule has 0 aliphatic heterocycles. The van der Waals surface area contributed by atoms with Crippen LogP contribution in [-0.2, 0) is 9.47 Å². The van der Waals surface area contributed by atoms with Crippen molar-refractivity contribution in [1.82, 2.24) is 0 Å². The largest absolute Gasteiger partial charge is 0.488 e. The molecule has 102 valence electrons. The lowest BCUT2D eigenvalue weighted by atomic mass is 10.3. The number of hydrogen-bond donors (Lipinski definition) is 1. The molecule has 0 heterocycles. The highest BCUT2D eigenvalue weighted by molar-refractivity contribution is 5.44. The van der Waals surface area contributed by atoms with Crippen LogP contribution in [0.4, 0.5) is 14.5 Å². The summed E-state index contributed by atoms with van der Waals surface area (Å²) in [6, 6.07) is 2.04. The van der Waals surface area contributed by atoms with Crippen LogP contribution in [0, 0.1) is 11.6 Å². The molecule has 0 atom stereocenters. The predicted molar refractivity (Wildman–Crippen MR) is 63.6 cm³/mol. The van der Waals surface area contributed by atoms with Crippen molar-refractivity contribution in [2.45, 2.75) is 6.42 Å². The van der Waals surface area contributed by atoms with Crippen molar-refractivity contribution < 1.29 is 23.0 Å². The highest BCUT2D eigenvalue weighted by atomic mass is 19.1. The van der Waals surface area contributed by atoms with Gasteiger partial charge in [-0.05, 0) is 0 Å². The Kier molecular flexibility index (Phi) is 6.38. The third-order valence-corrected chi connectivity index (χ3v) is 2.13. The van der Waals surface area contributed by atoms with E-state index in [0.29, 0.717) is 26.2 Å². The minimum atomic E-state index is -0.798. The molecule has 0 bridgehead atoms. The van der Waals surface area contributed by atoms with E-state index in [1.165, 1.54) is 0 Å². The maximum absolute atomic E-state index is 13.3. The lowest BCUT2D eigenvalue weighted by Crippen LogP contribution is -2.08. The van der Waals surface area contributed by atoms with Crippen LogP contribution in [0.1, 0.15) is 6.42 Å². The van der Waals surface area contributed by atoms with Gasteiger partial charge in [0.25, 0.3) is 0 Å². The number of nitrogen functional groups attached to an aromatic ring is 1. The Morgan fingerprint density at radius 1 is 1.06 bits per heavy atom. The van der Waals surface area contributed by atoms with Gasteiger partial charge in [0.05, 0.1) is 19.8 Å². The first-order valence-electron chi connectivity index (χ1n) is 5.59. The van der Waals surface area contributed by atoms with Crippen LogP contribution in [0.15, 0.2) is 12.1 Å². The number of rotatable bonds is 8. The molecule has 4 nitrogen and oxygen atoms in total. The van der Waals surface area contributed by atoms with Crippen molar-refractivity contribution >= 4 is 5.69 Å². The first kappa shape index (κ1) is 14.7. The minimum absolute atomic E-state index is 0.0280. The summed E-state index contributed by atoms with van der Waals surface area (Å²) in [5, 5.41) is 0. The number of anilines is 1. The van der Waals surface area contributed by atoms with E-state index in [2.05, 4.69) is 0 Å². The number of hydrogen-bond acceptors (Lipinski definition) is 4. The second-order valence-electron chi connectivity index (χ2n) is 3.62. The van der Waals surface area contributed by atoms with Gasteiger partial charge in [-0.3, -0.25) is 0 Å². The maximum Gasteiger partial charge on any atom is 0.190 e. The molecule has 2 N–H and O–H groups in total. The standard InChI is InChI=1S/C12H17F2NO3/c1-16-5-6-17-3-2-4-18-12-10(13)7-9(15)8-11(12)14/h7-8H,2-6,15H2,1H3. The molecule has 1 rings (SSSR count). The molecule has 0 aliphatic carbocycles. The fourth-order valence-electron chi connectivity index (χ4n) is 1.30. The molecular weight excluding hydrogens is 244 g/mol. The molecule has 6 heteroatoms. The summed E-state index contributed by atoms with van der Waals surface area (Å²) in [6.07, 6.45) is 0.535. The minimum Gasteiger partial charge on any atom is -0.488 e. The Morgan fingerprint density at radius 3 is 2.33 bits per heavy atom. The molecule has 0 amide bonds. The number of halogens is 2. The highest BCUT2D eigenvalue weighted by Gasteiger charge is 2.11. The van der Waals surface area contributed by atoms with Gasteiger partial charge in [0, 0.05) is 38.0 Å². The van der Waals surface area contributed by atoms with E-state index in [1.807, 2.05) is 0 Å². The van der Waals surface area contributed by atoms with Crippen molar-refractivity contribution in [2.75, 3.05) is 39.3 Å². The second kappa shape index (κ2) is 7.84. The number of methoxy groups -OCH3 is 1. The highest BCUT2D eigenvalue weighted by Crippen LogP contribution is 2.24. The average molecular weight is 261 g/mol. The molecule has 1 aromatic carbocycles. The Hall–Kier alpha value is -1.40. The van der Waals surface area contributed by atoms with Crippen molar-refractivity contribution in [1.29, 1.82) is 0 Å². The normalized spacial score (nSPS) is 10.6. The molecule has 0 saturated heterocycles. The SMILES string of the molecule is COCCOCCCOc1c(F)cc(N)cc1F. The van der Waals surface area contributed by atoms with Crippen molar-refractivity contribution in [2.24, 2.45) is 0 Å². The van der Waals surface area contributed by atoms with Crippen LogP contribution in [0.2, 0.25) is 0 Å². The molecular formula is C12H17F2NO3. The summed E-state index contributed by atoms with van der Waals surface area (Å²) in [7, 11) is 1.58. The van der Waals surface area contributed by atoms with Crippen molar-refractivity contribution in [3.05, 3.63) is 23.8 Å². The molecule has 0 radical (unpaired) electrons. The molecule has 0 aromatic heterocycles. The maximum atomic E-state index is 13.3. The lowest BCUT2D eigenvalue weighted by Gasteiger charge is -2.09. The Morgan fingerprint density at radius 2 is 1.72 bits per heavy atom. The fourth-order valence-corrected chi connectivity index (χ4v) is 1.30. The van der Waals surface area contributed by atoms with Crippen LogP contribution in [0.5, 0.6) is 5.75 Å². The Labute approximate surface area is 105 Å². The fraction of sp³-hybridized carbons (Fsp3) is 0.500. The van der Waals surface area contributed by atoms with E-state index >= 15 is 0 Å². The quantitative estimate of drug-likeness (QED) is 0.574. The van der Waals surface area contributed by atoms with Gasteiger partial charge in [0.2, 0.25) is 0 Å². The summed E-state index contributed by atoms with van der Waals surface area (Å²) in [6.45, 7) is 1.62. The Balaban J connectivity index is 2.27. The summed E-state index contributed by atoms with van der Waals surface area (Å²) >= 11 is 0. The van der Waals surface area contributed by atoms with Gasteiger partial charge < -0.3 is 19.9 Å². The van der Waals surface area contributed by atoms with Gasteiger partial charge >= 0.3 is 0 Å². The van der Waals surface area contributed by atoms with Crippen LogP contribution < -0.4 is 10.5 Å². The smallest absolute Gasteiger partial charge is 0.190 e. The zero-order valence-corrected chi connectivity index (χ0v) is 10.2. The molecule has 0 unspecified atom stereocenters. The average Bonchev–Trinajstić information content (AvgIpc) is 2.30. The summed E-state index contributed by atoms with van der Waals surface area (Å²) in [4.78, 5) is 0. The zero-order valence-electron chi connectivity index (χ0n) is 10.2. The molecule has 0 spiro atoms. The van der Waals surface area contributed by atoms with E-state index in [9.17, 15) is 8.78 Å². The van der Waals surface area contributed by atoms with Crippen LogP contribution >= 0.6 is 0 Å². The number of nitrogens with two attached hydrogens (primary N) is 1. The first-order valence-corrected chi connectivity index (χ1v) is 5.59. The molecule has 1 aromatic rings. The van der Waals surface area contributed by atoms with Crippen molar-refractivity contribution in [3.63, 3.8) is 0 Å². The third-order valence-electron chi connectivity index (χ3n) is 2.13. The molecule has 0 aliphatic rings. The van der Waals surface area contributed by atoms with Gasteiger partial charge in [-0.25, -0.2) is 8.78 Å².